The Bertz CT molecular complexity index is 1250. The molecule has 0 spiro atoms. The molecule has 0 saturated carbocycles. The lowest BCUT2D eigenvalue weighted by Crippen LogP contribution is -2.53. The zero-order valence-electron chi connectivity index (χ0n) is 21.2. The average molecular weight is 528 g/mol. The molecule has 198 valence electrons. The number of hydrogen-bond donors (Lipinski definition) is 0. The maximum Gasteiger partial charge on any atom is 0.265 e. The molecule has 2 aromatic rings. The molecule has 2 fully saturated rings. The summed E-state index contributed by atoms with van der Waals surface area (Å²) in [7, 11) is -3.75. The highest BCUT2D eigenvalue weighted by Gasteiger charge is 2.35. The van der Waals surface area contributed by atoms with Gasteiger partial charge in [0.25, 0.3) is 5.91 Å². The van der Waals surface area contributed by atoms with Gasteiger partial charge in [-0.3, -0.25) is 14.5 Å². The predicted molar refractivity (Wildman–Crippen MR) is 139 cm³/mol. The van der Waals surface area contributed by atoms with Crippen molar-refractivity contribution in [3.8, 4) is 5.75 Å². The lowest BCUT2D eigenvalue weighted by molar-refractivity contribution is -0.132. The second-order valence-corrected chi connectivity index (χ2v) is 12.2. The van der Waals surface area contributed by atoms with Gasteiger partial charge < -0.3 is 14.5 Å². The van der Waals surface area contributed by atoms with Gasteiger partial charge in [-0.15, -0.1) is 0 Å². The minimum atomic E-state index is -3.75. The van der Waals surface area contributed by atoms with Gasteiger partial charge in [-0.1, -0.05) is 19.9 Å². The summed E-state index contributed by atoms with van der Waals surface area (Å²) in [5.74, 6) is 1.25. The second-order valence-electron chi connectivity index (χ2n) is 10.2. The molecule has 37 heavy (non-hydrogen) atoms. The largest absolute Gasteiger partial charge is 0.482 e. The number of nitrogens with zero attached hydrogens (tertiary/aromatic N) is 5. The molecule has 0 bridgehead atoms. The fraction of sp³-hybridized carbons (Fsp3) is 0.500. The van der Waals surface area contributed by atoms with Gasteiger partial charge in [-0.2, -0.15) is 4.31 Å². The van der Waals surface area contributed by atoms with Crippen molar-refractivity contribution in [1.82, 2.24) is 14.2 Å². The second kappa shape index (κ2) is 10.3. The first kappa shape index (κ1) is 25.5. The van der Waals surface area contributed by atoms with Crippen LogP contribution in [0.15, 0.2) is 47.5 Å². The number of carbonyl (C=O) groups excluding carboxylic acids is 2. The highest BCUT2D eigenvalue weighted by Crippen LogP contribution is 2.36. The van der Waals surface area contributed by atoms with Crippen LogP contribution in [-0.2, 0) is 19.6 Å². The van der Waals surface area contributed by atoms with E-state index in [0.29, 0.717) is 50.7 Å². The highest BCUT2D eigenvalue weighted by atomic mass is 32.2. The summed E-state index contributed by atoms with van der Waals surface area (Å²) in [6.45, 7) is 7.00. The molecule has 0 radical (unpaired) electrons. The van der Waals surface area contributed by atoms with E-state index in [4.69, 9.17) is 4.74 Å². The van der Waals surface area contributed by atoms with Gasteiger partial charge in [-0.05, 0) is 48.6 Å². The topological polar surface area (TPSA) is 103 Å². The van der Waals surface area contributed by atoms with E-state index in [0.717, 1.165) is 12.2 Å². The van der Waals surface area contributed by atoms with E-state index in [1.54, 1.807) is 17.2 Å². The number of anilines is 2. The van der Waals surface area contributed by atoms with Crippen LogP contribution in [0.2, 0.25) is 0 Å². The molecule has 5 rings (SSSR count). The van der Waals surface area contributed by atoms with Crippen molar-refractivity contribution in [3.05, 3.63) is 42.6 Å². The molecule has 1 aromatic carbocycles. The lowest BCUT2D eigenvalue weighted by atomic mass is 9.94. The molecular formula is C26H33N5O5S. The summed E-state index contributed by atoms with van der Waals surface area (Å²) in [5.41, 5.74) is 0.316. The Morgan fingerprint density at radius 1 is 1.05 bits per heavy atom. The number of pyridine rings is 1. The third-order valence-corrected chi connectivity index (χ3v) is 9.07. The Kier molecular flexibility index (Phi) is 7.09. The summed E-state index contributed by atoms with van der Waals surface area (Å²) in [5, 5.41) is 0. The van der Waals surface area contributed by atoms with Gasteiger partial charge in [0.1, 0.15) is 18.1 Å². The van der Waals surface area contributed by atoms with Gasteiger partial charge in [0.2, 0.25) is 15.9 Å². The Morgan fingerprint density at radius 3 is 2.46 bits per heavy atom. The average Bonchev–Trinajstić information content (AvgIpc) is 2.90. The molecule has 0 N–H and O–H groups in total. The minimum absolute atomic E-state index is 0.104. The molecule has 0 aliphatic carbocycles. The van der Waals surface area contributed by atoms with Gasteiger partial charge in [0.15, 0.2) is 6.61 Å². The number of rotatable bonds is 5. The minimum Gasteiger partial charge on any atom is -0.482 e. The van der Waals surface area contributed by atoms with Crippen molar-refractivity contribution in [2.75, 3.05) is 62.2 Å². The molecule has 4 heterocycles. The van der Waals surface area contributed by atoms with E-state index in [2.05, 4.69) is 23.7 Å². The molecule has 3 aliphatic heterocycles. The van der Waals surface area contributed by atoms with Crippen molar-refractivity contribution in [2.45, 2.75) is 25.2 Å². The number of fused-ring (bicyclic) bond motifs is 1. The fourth-order valence-electron chi connectivity index (χ4n) is 5.43. The Morgan fingerprint density at radius 2 is 1.78 bits per heavy atom. The normalized spacial score (nSPS) is 23.0. The van der Waals surface area contributed by atoms with Crippen molar-refractivity contribution in [3.63, 3.8) is 0 Å². The van der Waals surface area contributed by atoms with Crippen LogP contribution in [0.3, 0.4) is 0 Å². The summed E-state index contributed by atoms with van der Waals surface area (Å²) in [6, 6.07) is 10.3. The van der Waals surface area contributed by atoms with E-state index >= 15 is 0 Å². The number of benzene rings is 1. The number of piperazine rings is 1. The van der Waals surface area contributed by atoms with Crippen LogP contribution < -0.4 is 14.5 Å². The zero-order valence-corrected chi connectivity index (χ0v) is 22.1. The smallest absolute Gasteiger partial charge is 0.265 e. The fourth-order valence-corrected chi connectivity index (χ4v) is 7.13. The van der Waals surface area contributed by atoms with E-state index in [1.165, 1.54) is 21.3 Å². The van der Waals surface area contributed by atoms with Crippen LogP contribution in [0.1, 0.15) is 20.3 Å². The number of carbonyl (C=O) groups is 2. The SMILES string of the molecule is CC1CC(C)CN(S(=O)(=O)c2ccc3c(c2)N(CC(=O)N2CCN(c4ccccn4)CC2)C(=O)CO3)C1. The number of hydrogen-bond acceptors (Lipinski definition) is 7. The van der Waals surface area contributed by atoms with E-state index in [1.807, 2.05) is 18.2 Å². The van der Waals surface area contributed by atoms with Crippen molar-refractivity contribution >= 4 is 33.3 Å². The molecule has 2 amide bonds. The number of piperidine rings is 1. The maximum absolute atomic E-state index is 13.5. The quantitative estimate of drug-likeness (QED) is 0.584. The number of amides is 2. The molecule has 1 aromatic heterocycles. The standard InChI is InChI=1S/C26H33N5O5S/c1-19-13-20(2)16-30(15-19)37(34,35)21-6-7-23-22(14-21)31(26(33)18-36-23)17-25(32)29-11-9-28(10-12-29)24-5-3-4-8-27-24/h3-8,14,19-20H,9-13,15-18H2,1-2H3. The van der Waals surface area contributed by atoms with E-state index in [9.17, 15) is 18.0 Å². The first-order valence-corrected chi connectivity index (χ1v) is 14.2. The van der Waals surface area contributed by atoms with Gasteiger partial charge in [0, 0.05) is 45.5 Å². The predicted octanol–water partition coefficient (Wildman–Crippen LogP) is 1.82. The zero-order chi connectivity index (χ0) is 26.2. The van der Waals surface area contributed by atoms with Gasteiger partial charge in [0.05, 0.1) is 10.6 Å². The van der Waals surface area contributed by atoms with Crippen LogP contribution in [0.4, 0.5) is 11.5 Å². The maximum atomic E-state index is 13.5. The molecule has 3 aliphatic rings. The number of aromatic nitrogens is 1. The van der Waals surface area contributed by atoms with Gasteiger partial charge >= 0.3 is 0 Å². The van der Waals surface area contributed by atoms with Crippen LogP contribution in [0.5, 0.6) is 5.75 Å². The first-order valence-electron chi connectivity index (χ1n) is 12.7. The van der Waals surface area contributed by atoms with Gasteiger partial charge in [-0.25, -0.2) is 13.4 Å². The molecule has 2 unspecified atom stereocenters. The summed E-state index contributed by atoms with van der Waals surface area (Å²) in [4.78, 5) is 35.7. The monoisotopic (exact) mass is 527 g/mol. The van der Waals surface area contributed by atoms with Crippen LogP contribution in [0, 0.1) is 11.8 Å². The molecular weight excluding hydrogens is 494 g/mol. The Hall–Kier alpha value is -3.18. The van der Waals surface area contributed by atoms with Crippen LogP contribution >= 0.6 is 0 Å². The van der Waals surface area contributed by atoms with Crippen molar-refractivity contribution in [1.29, 1.82) is 0 Å². The van der Waals surface area contributed by atoms with E-state index < -0.39 is 10.0 Å². The number of ether oxygens (including phenoxy) is 1. The van der Waals surface area contributed by atoms with Crippen LogP contribution in [0.25, 0.3) is 0 Å². The highest BCUT2D eigenvalue weighted by molar-refractivity contribution is 7.89. The number of sulfonamides is 1. The summed E-state index contributed by atoms with van der Waals surface area (Å²) >= 11 is 0. The molecule has 2 saturated heterocycles. The summed E-state index contributed by atoms with van der Waals surface area (Å²) in [6.07, 6.45) is 2.74. The summed E-state index contributed by atoms with van der Waals surface area (Å²) < 4.78 is 34.0. The molecule has 10 nitrogen and oxygen atoms in total. The van der Waals surface area contributed by atoms with Crippen molar-refractivity contribution < 1.29 is 22.7 Å². The Balaban J connectivity index is 1.31. The van der Waals surface area contributed by atoms with Crippen molar-refractivity contribution in [2.24, 2.45) is 11.8 Å². The molecule has 11 heteroatoms. The third-order valence-electron chi connectivity index (χ3n) is 7.25. The van der Waals surface area contributed by atoms with Crippen LogP contribution in [-0.4, -0.2) is 86.8 Å². The lowest BCUT2D eigenvalue weighted by Gasteiger charge is -2.37. The third kappa shape index (κ3) is 5.28. The Labute approximate surface area is 217 Å². The molecule has 2 atom stereocenters. The van der Waals surface area contributed by atoms with E-state index in [-0.39, 0.29) is 41.7 Å². The first-order chi connectivity index (χ1) is 17.7.